The van der Waals surface area contributed by atoms with E-state index in [0.29, 0.717) is 5.15 Å². The van der Waals surface area contributed by atoms with Crippen LogP contribution in [-0.2, 0) is 0 Å². The second kappa shape index (κ2) is 5.15. The first-order valence-corrected chi connectivity index (χ1v) is 6.78. The summed E-state index contributed by atoms with van der Waals surface area (Å²) in [5, 5.41) is 11.0. The molecule has 0 aliphatic carbocycles. The molecule has 0 saturated carbocycles. The first-order chi connectivity index (χ1) is 9.24. The molecule has 0 unspecified atom stereocenters. The maximum atomic E-state index is 12.9. The van der Waals surface area contributed by atoms with Crippen LogP contribution in [0.1, 0.15) is 0 Å². The van der Waals surface area contributed by atoms with E-state index in [1.54, 1.807) is 12.1 Å². The van der Waals surface area contributed by atoms with Crippen molar-refractivity contribution >= 4 is 34.1 Å². The third-order valence-corrected chi connectivity index (χ3v) is 3.92. The molecule has 1 aromatic heterocycles. The summed E-state index contributed by atoms with van der Waals surface area (Å²) in [6.07, 6.45) is 0. The molecule has 94 valence electrons. The zero-order valence-electron chi connectivity index (χ0n) is 9.68. The summed E-state index contributed by atoms with van der Waals surface area (Å²) >= 11 is 7.46. The quantitative estimate of drug-likeness (QED) is 0.691. The molecule has 0 bridgehead atoms. The molecule has 0 aliphatic rings. The number of halogens is 2. The van der Waals surface area contributed by atoms with Crippen molar-refractivity contribution in [2.75, 3.05) is 0 Å². The predicted molar refractivity (Wildman–Crippen MR) is 75.1 cm³/mol. The lowest BCUT2D eigenvalue weighted by atomic mass is 10.2. The molecule has 3 aromatic rings. The Bertz CT molecular complexity index is 731. The number of aromatic nitrogens is 2. The summed E-state index contributed by atoms with van der Waals surface area (Å²) in [7, 11) is 0. The minimum absolute atomic E-state index is 0.253. The van der Waals surface area contributed by atoms with Gasteiger partial charge in [-0.05, 0) is 24.3 Å². The van der Waals surface area contributed by atoms with Crippen LogP contribution in [0.2, 0.25) is 5.15 Å². The van der Waals surface area contributed by atoms with Gasteiger partial charge in [-0.25, -0.2) is 4.39 Å². The lowest BCUT2D eigenvalue weighted by Crippen LogP contribution is -1.89. The average molecular weight is 291 g/mol. The van der Waals surface area contributed by atoms with Crippen molar-refractivity contribution in [3.8, 4) is 0 Å². The molecular weight excluding hydrogens is 283 g/mol. The fourth-order valence-electron chi connectivity index (χ4n) is 1.74. The monoisotopic (exact) mass is 290 g/mol. The highest BCUT2D eigenvalue weighted by molar-refractivity contribution is 7.99. The lowest BCUT2D eigenvalue weighted by Gasteiger charge is -2.05. The molecule has 0 spiro atoms. The Hall–Kier alpha value is -1.65. The molecule has 3 rings (SSSR count). The van der Waals surface area contributed by atoms with Gasteiger partial charge in [0.25, 0.3) is 0 Å². The van der Waals surface area contributed by atoms with Crippen LogP contribution in [0.4, 0.5) is 4.39 Å². The Morgan fingerprint density at radius 2 is 1.58 bits per heavy atom. The maximum Gasteiger partial charge on any atom is 0.159 e. The van der Waals surface area contributed by atoms with Crippen molar-refractivity contribution in [3.05, 3.63) is 59.5 Å². The van der Waals surface area contributed by atoms with Gasteiger partial charge in [-0.15, -0.1) is 10.2 Å². The fraction of sp³-hybridized carbons (Fsp3) is 0. The largest absolute Gasteiger partial charge is 0.207 e. The van der Waals surface area contributed by atoms with Crippen LogP contribution in [0, 0.1) is 5.82 Å². The van der Waals surface area contributed by atoms with Crippen LogP contribution < -0.4 is 0 Å². The fourth-order valence-corrected chi connectivity index (χ4v) is 2.80. The van der Waals surface area contributed by atoms with Crippen molar-refractivity contribution in [1.82, 2.24) is 10.2 Å². The standard InChI is InChI=1S/C14H8ClFN2S/c15-13-11-3-1-2-4-12(11)14(18-17-13)19-10-7-5-9(16)6-8-10/h1-8H. The van der Waals surface area contributed by atoms with E-state index in [1.807, 2.05) is 24.3 Å². The topological polar surface area (TPSA) is 25.8 Å². The second-order valence-electron chi connectivity index (χ2n) is 3.90. The minimum Gasteiger partial charge on any atom is -0.207 e. The molecule has 0 fully saturated rings. The van der Waals surface area contributed by atoms with Gasteiger partial charge < -0.3 is 0 Å². The number of nitrogens with zero attached hydrogens (tertiary/aromatic N) is 2. The normalized spacial score (nSPS) is 10.8. The Balaban J connectivity index is 2.06. The molecule has 19 heavy (non-hydrogen) atoms. The van der Waals surface area contributed by atoms with Crippen molar-refractivity contribution in [2.24, 2.45) is 0 Å². The number of benzene rings is 2. The van der Waals surface area contributed by atoms with Crippen LogP contribution in [0.5, 0.6) is 0 Å². The molecule has 2 aromatic carbocycles. The van der Waals surface area contributed by atoms with Crippen LogP contribution in [0.3, 0.4) is 0 Å². The molecule has 0 aliphatic heterocycles. The third-order valence-electron chi connectivity index (χ3n) is 2.64. The highest BCUT2D eigenvalue weighted by Gasteiger charge is 2.08. The predicted octanol–water partition coefficient (Wildman–Crippen LogP) is 4.57. The van der Waals surface area contributed by atoms with Crippen molar-refractivity contribution < 1.29 is 4.39 Å². The molecule has 0 saturated heterocycles. The van der Waals surface area contributed by atoms with Gasteiger partial charge >= 0.3 is 0 Å². The number of hydrogen-bond donors (Lipinski definition) is 0. The van der Waals surface area contributed by atoms with E-state index in [-0.39, 0.29) is 5.82 Å². The van der Waals surface area contributed by atoms with Crippen molar-refractivity contribution in [3.63, 3.8) is 0 Å². The summed E-state index contributed by atoms with van der Waals surface area (Å²) in [5.74, 6) is -0.253. The summed E-state index contributed by atoms with van der Waals surface area (Å²) in [5.41, 5.74) is 0. The van der Waals surface area contributed by atoms with Gasteiger partial charge in [0.1, 0.15) is 10.8 Å². The zero-order chi connectivity index (χ0) is 13.2. The van der Waals surface area contributed by atoms with Crippen molar-refractivity contribution in [1.29, 1.82) is 0 Å². The van der Waals surface area contributed by atoms with E-state index in [0.717, 1.165) is 20.7 Å². The van der Waals surface area contributed by atoms with Gasteiger partial charge in [0.2, 0.25) is 0 Å². The summed E-state index contributed by atoms with van der Waals surface area (Å²) in [6, 6.07) is 14.0. The molecule has 1 heterocycles. The molecule has 0 atom stereocenters. The van der Waals surface area contributed by atoms with E-state index < -0.39 is 0 Å². The van der Waals surface area contributed by atoms with Gasteiger partial charge in [-0.3, -0.25) is 0 Å². The first kappa shape index (κ1) is 12.4. The van der Waals surface area contributed by atoms with E-state index in [9.17, 15) is 4.39 Å². The minimum atomic E-state index is -0.253. The van der Waals surface area contributed by atoms with E-state index in [4.69, 9.17) is 11.6 Å². The Morgan fingerprint density at radius 1 is 0.895 bits per heavy atom. The zero-order valence-corrected chi connectivity index (χ0v) is 11.2. The lowest BCUT2D eigenvalue weighted by molar-refractivity contribution is 0.626. The van der Waals surface area contributed by atoms with Crippen LogP contribution in [-0.4, -0.2) is 10.2 Å². The van der Waals surface area contributed by atoms with Crippen LogP contribution in [0.15, 0.2) is 58.5 Å². The highest BCUT2D eigenvalue weighted by Crippen LogP contribution is 2.33. The van der Waals surface area contributed by atoms with Crippen LogP contribution in [0.25, 0.3) is 10.8 Å². The smallest absolute Gasteiger partial charge is 0.159 e. The first-order valence-electron chi connectivity index (χ1n) is 5.58. The molecular formula is C14H8ClFN2S. The van der Waals surface area contributed by atoms with E-state index in [2.05, 4.69) is 10.2 Å². The van der Waals surface area contributed by atoms with E-state index >= 15 is 0 Å². The van der Waals surface area contributed by atoms with E-state index in [1.165, 1.54) is 23.9 Å². The highest BCUT2D eigenvalue weighted by atomic mass is 35.5. The Kier molecular flexibility index (Phi) is 3.36. The second-order valence-corrected chi connectivity index (χ2v) is 5.32. The summed E-state index contributed by atoms with van der Waals surface area (Å²) in [6.45, 7) is 0. The van der Waals surface area contributed by atoms with Crippen molar-refractivity contribution in [2.45, 2.75) is 9.92 Å². The molecule has 0 N–H and O–H groups in total. The third kappa shape index (κ3) is 2.55. The Morgan fingerprint density at radius 3 is 2.32 bits per heavy atom. The van der Waals surface area contributed by atoms with Gasteiger partial charge in [-0.1, -0.05) is 47.6 Å². The maximum absolute atomic E-state index is 12.9. The number of hydrogen-bond acceptors (Lipinski definition) is 3. The molecule has 0 amide bonds. The SMILES string of the molecule is Fc1ccc(Sc2nnc(Cl)c3ccccc23)cc1. The average Bonchev–Trinajstić information content (AvgIpc) is 2.45. The molecule has 0 radical (unpaired) electrons. The summed E-state index contributed by atoms with van der Waals surface area (Å²) < 4.78 is 12.9. The summed E-state index contributed by atoms with van der Waals surface area (Å²) in [4.78, 5) is 0.906. The molecule has 2 nitrogen and oxygen atoms in total. The van der Waals surface area contributed by atoms with Gasteiger partial charge in [0.15, 0.2) is 5.15 Å². The Labute approximate surface area is 118 Å². The van der Waals surface area contributed by atoms with Gasteiger partial charge in [0, 0.05) is 15.7 Å². The van der Waals surface area contributed by atoms with Crippen LogP contribution >= 0.6 is 23.4 Å². The molecule has 5 heteroatoms. The number of fused-ring (bicyclic) bond motifs is 1. The van der Waals surface area contributed by atoms with Gasteiger partial charge in [-0.2, -0.15) is 0 Å². The van der Waals surface area contributed by atoms with Gasteiger partial charge in [0.05, 0.1) is 0 Å². The number of rotatable bonds is 2.